The highest BCUT2D eigenvalue weighted by Gasteiger charge is 2.25. The van der Waals surface area contributed by atoms with Gasteiger partial charge in [0, 0.05) is 24.3 Å². The van der Waals surface area contributed by atoms with E-state index in [-0.39, 0.29) is 17.4 Å². The molecule has 0 atom stereocenters. The number of aliphatic hydroxyl groups is 1. The van der Waals surface area contributed by atoms with E-state index < -0.39 is 10.0 Å². The molecule has 7 heteroatoms. The Bertz CT molecular complexity index is 886. The van der Waals surface area contributed by atoms with Crippen LogP contribution in [0.25, 0.3) is 0 Å². The number of nitrogens with one attached hydrogen (secondary N) is 1. The van der Waals surface area contributed by atoms with Gasteiger partial charge in [0.05, 0.1) is 11.5 Å². The van der Waals surface area contributed by atoms with Crippen molar-refractivity contribution in [2.75, 3.05) is 18.4 Å². The van der Waals surface area contributed by atoms with Crippen molar-refractivity contribution in [3.8, 4) is 0 Å². The number of hydrogen-bond donors (Lipinski definition) is 2. The van der Waals surface area contributed by atoms with Crippen molar-refractivity contribution in [3.63, 3.8) is 0 Å². The molecular formula is C20H24N2O4S. The highest BCUT2D eigenvalue weighted by Crippen LogP contribution is 2.21. The molecule has 0 unspecified atom stereocenters. The summed E-state index contributed by atoms with van der Waals surface area (Å²) >= 11 is 0. The van der Waals surface area contributed by atoms with E-state index in [1.165, 1.54) is 28.6 Å². The van der Waals surface area contributed by atoms with E-state index in [9.17, 15) is 18.3 Å². The third-order valence-electron chi connectivity index (χ3n) is 4.69. The summed E-state index contributed by atoms with van der Waals surface area (Å²) < 4.78 is 27.1. The number of aliphatic hydroxyl groups excluding tert-OH is 1. The van der Waals surface area contributed by atoms with Crippen molar-refractivity contribution in [2.24, 2.45) is 0 Å². The molecule has 2 aromatic rings. The second kappa shape index (κ2) is 8.65. The number of nitrogens with zero attached hydrogens (tertiary/aromatic N) is 1. The van der Waals surface area contributed by atoms with Gasteiger partial charge in [0.15, 0.2) is 0 Å². The molecule has 144 valence electrons. The maximum atomic E-state index is 12.8. The lowest BCUT2D eigenvalue weighted by Crippen LogP contribution is -2.31. The molecule has 2 N–H and O–H groups in total. The van der Waals surface area contributed by atoms with E-state index in [0.29, 0.717) is 29.9 Å². The van der Waals surface area contributed by atoms with Crippen molar-refractivity contribution < 1.29 is 18.3 Å². The lowest BCUT2D eigenvalue weighted by molar-refractivity contribution is 0.102. The van der Waals surface area contributed by atoms with Crippen molar-refractivity contribution >= 4 is 21.6 Å². The summed E-state index contributed by atoms with van der Waals surface area (Å²) in [5.41, 5.74) is 1.65. The molecule has 3 rings (SSSR count). The quantitative estimate of drug-likeness (QED) is 0.824. The maximum Gasteiger partial charge on any atom is 0.255 e. The van der Waals surface area contributed by atoms with Crippen molar-refractivity contribution in [3.05, 3.63) is 59.7 Å². The Labute approximate surface area is 159 Å². The molecule has 2 aromatic carbocycles. The molecule has 0 aromatic heterocycles. The fraction of sp³-hybridized carbons (Fsp3) is 0.350. The summed E-state index contributed by atoms with van der Waals surface area (Å²) in [4.78, 5) is 12.6. The van der Waals surface area contributed by atoms with Gasteiger partial charge in [-0.25, -0.2) is 8.42 Å². The van der Waals surface area contributed by atoms with Crippen LogP contribution in [-0.2, 0) is 16.6 Å². The number of carbonyl (C=O) groups is 1. The summed E-state index contributed by atoms with van der Waals surface area (Å²) in [7, 11) is -3.52. The zero-order chi connectivity index (χ0) is 19.3. The number of carbonyl (C=O) groups excluding carboxylic acids is 1. The summed E-state index contributed by atoms with van der Waals surface area (Å²) in [6.07, 6.45) is 3.88. The Kier molecular flexibility index (Phi) is 6.26. The van der Waals surface area contributed by atoms with Gasteiger partial charge in [-0.05, 0) is 54.8 Å². The predicted octanol–water partition coefficient (Wildman–Crippen LogP) is 3.00. The van der Waals surface area contributed by atoms with Crippen LogP contribution in [0.2, 0.25) is 0 Å². The second-order valence-electron chi connectivity index (χ2n) is 6.66. The highest BCUT2D eigenvalue weighted by molar-refractivity contribution is 7.89. The van der Waals surface area contributed by atoms with Crippen LogP contribution in [0.3, 0.4) is 0 Å². The second-order valence-corrected chi connectivity index (χ2v) is 8.59. The van der Waals surface area contributed by atoms with Gasteiger partial charge in [-0.3, -0.25) is 4.79 Å². The first-order chi connectivity index (χ1) is 13.0. The maximum absolute atomic E-state index is 12.8. The van der Waals surface area contributed by atoms with E-state index in [1.807, 2.05) is 0 Å². The van der Waals surface area contributed by atoms with E-state index in [1.54, 1.807) is 24.3 Å². The number of rotatable bonds is 5. The SMILES string of the molecule is O=C(Nc1cccc(CO)c1)c1ccc(S(=O)(=O)N2CCCCCC2)cc1. The largest absolute Gasteiger partial charge is 0.392 e. The van der Waals surface area contributed by atoms with Crippen molar-refractivity contribution in [2.45, 2.75) is 37.2 Å². The minimum atomic E-state index is -3.52. The van der Waals surface area contributed by atoms with Crippen LogP contribution in [0, 0.1) is 0 Å². The van der Waals surface area contributed by atoms with E-state index in [4.69, 9.17) is 0 Å². The van der Waals surface area contributed by atoms with Gasteiger partial charge in [0.2, 0.25) is 10.0 Å². The third kappa shape index (κ3) is 4.74. The van der Waals surface area contributed by atoms with Crippen molar-refractivity contribution in [1.82, 2.24) is 4.31 Å². The molecule has 1 aliphatic heterocycles. The van der Waals surface area contributed by atoms with E-state index in [2.05, 4.69) is 5.32 Å². The van der Waals surface area contributed by atoms with Gasteiger partial charge in [-0.1, -0.05) is 25.0 Å². The molecule has 0 saturated carbocycles. The molecule has 1 fully saturated rings. The minimum absolute atomic E-state index is 0.104. The average molecular weight is 388 g/mol. The van der Waals surface area contributed by atoms with Gasteiger partial charge < -0.3 is 10.4 Å². The summed E-state index contributed by atoms with van der Waals surface area (Å²) in [6.45, 7) is 0.990. The Balaban J connectivity index is 1.73. The Hall–Kier alpha value is -2.22. The number of amides is 1. The molecule has 0 bridgehead atoms. The Morgan fingerprint density at radius 2 is 1.67 bits per heavy atom. The van der Waals surface area contributed by atoms with Gasteiger partial charge in [0.1, 0.15) is 0 Å². The predicted molar refractivity (Wildman–Crippen MR) is 104 cm³/mol. The molecule has 1 aliphatic rings. The lowest BCUT2D eigenvalue weighted by Gasteiger charge is -2.20. The number of sulfonamides is 1. The van der Waals surface area contributed by atoms with Gasteiger partial charge in [-0.2, -0.15) is 4.31 Å². The monoisotopic (exact) mass is 388 g/mol. The minimum Gasteiger partial charge on any atom is -0.392 e. The lowest BCUT2D eigenvalue weighted by atomic mass is 10.2. The zero-order valence-electron chi connectivity index (χ0n) is 15.1. The normalized spacial score (nSPS) is 15.9. The Morgan fingerprint density at radius 3 is 2.30 bits per heavy atom. The van der Waals surface area contributed by atoms with Crippen LogP contribution in [-0.4, -0.2) is 36.8 Å². The topological polar surface area (TPSA) is 86.7 Å². The summed E-state index contributed by atoms with van der Waals surface area (Å²) in [6, 6.07) is 13.0. The van der Waals surface area contributed by atoms with Crippen LogP contribution in [0.5, 0.6) is 0 Å². The standard InChI is InChI=1S/C20H24N2O4S/c23-15-16-6-5-7-18(14-16)21-20(24)17-8-10-19(11-9-17)27(25,26)22-12-3-1-2-4-13-22/h5-11,14,23H,1-4,12-13,15H2,(H,21,24). The fourth-order valence-electron chi connectivity index (χ4n) is 3.16. The first-order valence-corrected chi connectivity index (χ1v) is 10.6. The smallest absolute Gasteiger partial charge is 0.255 e. The number of benzene rings is 2. The third-order valence-corrected chi connectivity index (χ3v) is 6.60. The molecule has 1 amide bonds. The molecule has 0 aliphatic carbocycles. The van der Waals surface area contributed by atoms with E-state index >= 15 is 0 Å². The molecule has 0 spiro atoms. The van der Waals surface area contributed by atoms with Crippen molar-refractivity contribution in [1.29, 1.82) is 0 Å². The molecule has 1 saturated heterocycles. The van der Waals surface area contributed by atoms with Crippen LogP contribution < -0.4 is 5.32 Å². The zero-order valence-corrected chi connectivity index (χ0v) is 15.9. The summed E-state index contributed by atoms with van der Waals surface area (Å²) in [5, 5.41) is 11.9. The number of hydrogen-bond acceptors (Lipinski definition) is 4. The highest BCUT2D eigenvalue weighted by atomic mass is 32.2. The van der Waals surface area contributed by atoms with E-state index in [0.717, 1.165) is 25.7 Å². The Morgan fingerprint density at radius 1 is 1.00 bits per heavy atom. The van der Waals surface area contributed by atoms with Crippen LogP contribution >= 0.6 is 0 Å². The van der Waals surface area contributed by atoms with Gasteiger partial charge >= 0.3 is 0 Å². The van der Waals surface area contributed by atoms with Gasteiger partial charge in [0.25, 0.3) is 5.91 Å². The first kappa shape index (κ1) is 19.5. The van der Waals surface area contributed by atoms with Crippen LogP contribution in [0.4, 0.5) is 5.69 Å². The van der Waals surface area contributed by atoms with Crippen LogP contribution in [0.15, 0.2) is 53.4 Å². The summed E-state index contributed by atoms with van der Waals surface area (Å²) in [5.74, 6) is -0.330. The van der Waals surface area contributed by atoms with Gasteiger partial charge in [-0.15, -0.1) is 0 Å². The molecule has 6 nitrogen and oxygen atoms in total. The molecule has 27 heavy (non-hydrogen) atoms. The first-order valence-electron chi connectivity index (χ1n) is 9.12. The molecular weight excluding hydrogens is 364 g/mol. The van der Waals surface area contributed by atoms with Crippen LogP contribution in [0.1, 0.15) is 41.6 Å². The number of anilines is 1. The fourth-order valence-corrected chi connectivity index (χ4v) is 4.68. The average Bonchev–Trinajstić information content (AvgIpc) is 2.98. The molecule has 1 heterocycles. The molecule has 0 radical (unpaired) electrons.